The number of likely N-dealkylation sites (N-methyl/N-ethyl adjacent to an activating group) is 1. The second-order valence-corrected chi connectivity index (χ2v) is 13.3. The van der Waals surface area contributed by atoms with Gasteiger partial charge in [0.1, 0.15) is 6.04 Å². The number of nitrogens with two attached hydrogens (primary N) is 1. The number of hydrogen-bond acceptors (Lipinski definition) is 9. The highest BCUT2D eigenvalue weighted by Gasteiger charge is 2.33. The summed E-state index contributed by atoms with van der Waals surface area (Å²) in [5, 5.41) is 13.9. The Labute approximate surface area is 280 Å². The molecule has 0 spiro atoms. The Morgan fingerprint density at radius 2 is 1.55 bits per heavy atom. The van der Waals surface area contributed by atoms with Crippen LogP contribution in [0.25, 0.3) is 0 Å². The Balaban J connectivity index is 1.12. The number of benzene rings is 4. The number of rotatable bonds is 9. The van der Waals surface area contributed by atoms with E-state index in [4.69, 9.17) is 5.14 Å². The molecule has 1 fully saturated rings. The first-order valence-electron chi connectivity index (χ1n) is 15.2. The fourth-order valence-electron chi connectivity index (χ4n) is 5.56. The van der Waals surface area contributed by atoms with Gasteiger partial charge in [-0.25, -0.2) is 19.0 Å². The highest BCUT2D eigenvalue weighted by molar-refractivity contribution is 7.89. The molecule has 12 nitrogen and oxygen atoms in total. The van der Waals surface area contributed by atoms with Crippen molar-refractivity contribution in [1.29, 1.82) is 0 Å². The number of sulfonamides is 1. The van der Waals surface area contributed by atoms with Crippen LogP contribution in [0.5, 0.6) is 0 Å². The number of amides is 2. The van der Waals surface area contributed by atoms with Gasteiger partial charge >= 0.3 is 6.18 Å². The van der Waals surface area contributed by atoms with E-state index in [-0.39, 0.29) is 16.4 Å². The van der Waals surface area contributed by atoms with Crippen LogP contribution < -0.4 is 36.8 Å². The van der Waals surface area contributed by atoms with Crippen molar-refractivity contribution in [3.8, 4) is 0 Å². The number of nitrogens with one attached hydrogen (secondary N) is 5. The number of hydrazine groups is 1. The highest BCUT2D eigenvalue weighted by atomic mass is 32.2. The molecule has 1 unspecified atom stereocenters. The number of alkyl halides is 3. The molecule has 256 valence electrons. The topological polar surface area (TPSA) is 161 Å². The van der Waals surface area contributed by atoms with E-state index in [2.05, 4.69) is 31.7 Å². The summed E-state index contributed by atoms with van der Waals surface area (Å²) < 4.78 is 64.3. The lowest BCUT2D eigenvalue weighted by Crippen LogP contribution is -2.44. The molecule has 16 heteroatoms. The Hall–Kier alpha value is -5.16. The first kappa shape index (κ1) is 33.7. The van der Waals surface area contributed by atoms with Crippen LogP contribution in [-0.4, -0.2) is 58.4 Å². The summed E-state index contributed by atoms with van der Waals surface area (Å²) in [6, 6.07) is 20.4. The van der Waals surface area contributed by atoms with Gasteiger partial charge < -0.3 is 31.2 Å². The number of anilines is 6. The predicted octanol–water partition coefficient (Wildman–Crippen LogP) is 4.71. The fourth-order valence-corrected chi connectivity index (χ4v) is 6.08. The van der Waals surface area contributed by atoms with Crippen molar-refractivity contribution in [2.45, 2.75) is 17.1 Å². The van der Waals surface area contributed by atoms with Gasteiger partial charge in [0.2, 0.25) is 15.9 Å². The molecule has 7 N–H and O–H groups in total. The van der Waals surface area contributed by atoms with Crippen molar-refractivity contribution in [2.24, 2.45) is 5.14 Å². The zero-order chi connectivity index (χ0) is 34.9. The lowest BCUT2D eigenvalue weighted by Gasteiger charge is -2.34. The van der Waals surface area contributed by atoms with E-state index in [1.165, 1.54) is 30.3 Å². The molecule has 2 aliphatic heterocycles. The number of carbonyl (C=O) groups is 2. The van der Waals surface area contributed by atoms with Crippen molar-refractivity contribution >= 4 is 56.0 Å². The molecule has 6 rings (SSSR count). The zero-order valence-corrected chi connectivity index (χ0v) is 27.0. The van der Waals surface area contributed by atoms with Gasteiger partial charge in [0.15, 0.2) is 0 Å². The van der Waals surface area contributed by atoms with Crippen LogP contribution in [0.1, 0.15) is 27.5 Å². The Bertz CT molecular complexity index is 2000. The van der Waals surface area contributed by atoms with Crippen LogP contribution in [0.15, 0.2) is 89.8 Å². The van der Waals surface area contributed by atoms with Gasteiger partial charge in [0.25, 0.3) is 5.91 Å². The summed E-state index contributed by atoms with van der Waals surface area (Å²) in [7, 11) is -1.88. The van der Waals surface area contributed by atoms with Gasteiger partial charge in [-0.3, -0.25) is 9.59 Å². The molecule has 0 saturated carbocycles. The van der Waals surface area contributed by atoms with E-state index in [1.807, 2.05) is 11.9 Å². The lowest BCUT2D eigenvalue weighted by molar-refractivity contribution is -0.137. The summed E-state index contributed by atoms with van der Waals surface area (Å²) >= 11 is 0. The zero-order valence-electron chi connectivity index (χ0n) is 26.1. The van der Waals surface area contributed by atoms with E-state index in [1.54, 1.807) is 42.5 Å². The molecule has 0 aliphatic carbocycles. The normalized spacial score (nSPS) is 16.6. The number of hydrogen-bond donors (Lipinski definition) is 6. The molecule has 4 aromatic rings. The van der Waals surface area contributed by atoms with E-state index in [0.717, 1.165) is 12.1 Å². The molecule has 1 saturated heterocycles. The van der Waals surface area contributed by atoms with Crippen LogP contribution in [0, 0.1) is 0 Å². The summed E-state index contributed by atoms with van der Waals surface area (Å²) in [6.45, 7) is 2.50. The molecule has 0 radical (unpaired) electrons. The van der Waals surface area contributed by atoms with Crippen LogP contribution >= 0.6 is 0 Å². The molecule has 49 heavy (non-hydrogen) atoms. The van der Waals surface area contributed by atoms with Crippen molar-refractivity contribution in [1.82, 2.24) is 10.3 Å². The van der Waals surface area contributed by atoms with Crippen molar-refractivity contribution in [3.05, 3.63) is 102 Å². The first-order valence-corrected chi connectivity index (χ1v) is 16.7. The van der Waals surface area contributed by atoms with Crippen LogP contribution in [0.2, 0.25) is 0 Å². The predicted molar refractivity (Wildman–Crippen MR) is 181 cm³/mol. The van der Waals surface area contributed by atoms with Crippen molar-refractivity contribution in [2.75, 3.05) is 59.5 Å². The third-order valence-electron chi connectivity index (χ3n) is 8.21. The number of primary sulfonamides is 1. The average Bonchev–Trinajstić information content (AvgIpc) is 3.37. The van der Waals surface area contributed by atoms with Crippen molar-refractivity contribution in [3.63, 3.8) is 0 Å². The molecule has 2 heterocycles. The minimum Gasteiger partial charge on any atom is -0.369 e. The maximum atomic E-state index is 13.8. The number of carbonyl (C=O) groups excluding carboxylic acids is 2. The minimum atomic E-state index is -4.62. The largest absolute Gasteiger partial charge is 0.416 e. The Morgan fingerprint density at radius 1 is 0.878 bits per heavy atom. The molecule has 2 aliphatic rings. The van der Waals surface area contributed by atoms with E-state index < -0.39 is 33.7 Å². The third-order valence-corrected chi connectivity index (χ3v) is 9.14. The molecular formula is C33H33F3N8O4S. The van der Waals surface area contributed by atoms with Gasteiger partial charge in [-0.2, -0.15) is 13.2 Å². The summed E-state index contributed by atoms with van der Waals surface area (Å²) in [4.78, 5) is 29.9. The summed E-state index contributed by atoms with van der Waals surface area (Å²) in [6.07, 6.45) is -4.62. The maximum Gasteiger partial charge on any atom is 0.416 e. The number of nitrogens with zero attached hydrogens (tertiary/aromatic N) is 2. The van der Waals surface area contributed by atoms with Crippen molar-refractivity contribution < 1.29 is 31.2 Å². The van der Waals surface area contributed by atoms with Crippen LogP contribution in [0.3, 0.4) is 0 Å². The average molecular weight is 695 g/mol. The number of halogens is 3. The van der Waals surface area contributed by atoms with Gasteiger partial charge in [0.05, 0.1) is 10.5 Å². The quantitative estimate of drug-likeness (QED) is 0.136. The van der Waals surface area contributed by atoms with Crippen LogP contribution in [-0.2, 0) is 21.0 Å². The molecule has 0 bridgehead atoms. The third kappa shape index (κ3) is 7.94. The van der Waals surface area contributed by atoms with Crippen LogP contribution in [0.4, 0.5) is 47.3 Å². The standard InChI is InChI=1S/C33H33F3N8O4S/c1-43-11-13-44(14-12-43)26-16-20(15-21(17-26)33(34,35)36)31(45)39-24-4-2-3-23(18-24)38-25-7-10-28-29(19-25)40-32(46)30(28)42-41-22-5-8-27(9-6-22)49(37,47)48/h2-10,15-19,30,38,41-42H,11-14H2,1H3,(H,39,45)(H,40,46)(H2,37,47,48). The Kier molecular flexibility index (Phi) is 9.22. The van der Waals surface area contributed by atoms with Gasteiger partial charge in [-0.05, 0) is 79.8 Å². The highest BCUT2D eigenvalue weighted by Crippen LogP contribution is 2.35. The molecule has 2 amide bonds. The van der Waals surface area contributed by atoms with E-state index in [9.17, 15) is 31.2 Å². The molecular weight excluding hydrogens is 661 g/mol. The maximum absolute atomic E-state index is 13.8. The fraction of sp³-hybridized carbons (Fsp3) is 0.212. The molecule has 1 atom stereocenters. The van der Waals surface area contributed by atoms with E-state index >= 15 is 0 Å². The van der Waals surface area contributed by atoms with Gasteiger partial charge in [-0.1, -0.05) is 12.1 Å². The van der Waals surface area contributed by atoms with E-state index in [0.29, 0.717) is 65.9 Å². The minimum absolute atomic E-state index is 0.0408. The van der Waals surface area contributed by atoms with Gasteiger partial charge in [0, 0.05) is 71.4 Å². The smallest absolute Gasteiger partial charge is 0.369 e. The Morgan fingerprint density at radius 3 is 2.24 bits per heavy atom. The lowest BCUT2D eigenvalue weighted by atomic mass is 10.1. The number of fused-ring (bicyclic) bond motifs is 1. The number of piperazine rings is 1. The SMILES string of the molecule is CN1CCN(c2cc(C(=O)Nc3cccc(Nc4ccc5c(c4)NC(=O)C5NNc4ccc(S(N)(=O)=O)cc4)c3)cc(C(F)(F)F)c2)CC1. The second-order valence-electron chi connectivity index (χ2n) is 11.8. The second kappa shape index (κ2) is 13.4. The summed E-state index contributed by atoms with van der Waals surface area (Å²) in [5.41, 5.74) is 8.52. The van der Waals surface area contributed by atoms with Gasteiger partial charge in [-0.15, -0.1) is 0 Å². The molecule has 0 aromatic heterocycles. The molecule has 4 aromatic carbocycles. The first-order chi connectivity index (χ1) is 23.2. The monoisotopic (exact) mass is 694 g/mol. The summed E-state index contributed by atoms with van der Waals surface area (Å²) in [5.74, 6) is -0.984.